The van der Waals surface area contributed by atoms with Crippen LogP contribution in [0.5, 0.6) is 0 Å². The van der Waals surface area contributed by atoms with Crippen molar-refractivity contribution in [3.8, 4) is 23.7 Å². The highest BCUT2D eigenvalue weighted by atomic mass is 16.5. The fourth-order valence-electron chi connectivity index (χ4n) is 2.21. The predicted molar refractivity (Wildman–Crippen MR) is 106 cm³/mol. The number of nitrogens with one attached hydrogen (secondary N) is 1. The Morgan fingerprint density at radius 2 is 1.50 bits per heavy atom. The number of aliphatic hydroxyl groups is 1. The van der Waals surface area contributed by atoms with Crippen LogP contribution in [0.3, 0.4) is 0 Å². The monoisotopic (exact) mass is 376 g/mol. The summed E-state index contributed by atoms with van der Waals surface area (Å²) in [5.74, 6) is 10.1. The molecular weight excluding hydrogens is 356 g/mol. The first-order valence-corrected chi connectivity index (χ1v) is 8.45. The third-order valence-electron chi connectivity index (χ3n) is 3.76. The number of methoxy groups -OCH3 is 1. The van der Waals surface area contributed by atoms with Gasteiger partial charge < -0.3 is 20.9 Å². The molecule has 28 heavy (non-hydrogen) atoms. The first kappa shape index (κ1) is 20.6. The molecule has 0 radical (unpaired) electrons. The van der Waals surface area contributed by atoms with E-state index in [2.05, 4.69) is 33.7 Å². The van der Waals surface area contributed by atoms with E-state index < -0.39 is 24.0 Å². The Bertz CT molecular complexity index is 956. The van der Waals surface area contributed by atoms with Crippen molar-refractivity contribution in [3.63, 3.8) is 0 Å². The first-order chi connectivity index (χ1) is 13.4. The maximum Gasteiger partial charge on any atom is 0.331 e. The number of aliphatic hydroxyl groups excluding tert-OH is 1. The van der Waals surface area contributed by atoms with E-state index in [4.69, 9.17) is 5.73 Å². The summed E-state index contributed by atoms with van der Waals surface area (Å²) in [6.45, 7) is 1.39. The van der Waals surface area contributed by atoms with Crippen LogP contribution in [0.4, 0.5) is 5.69 Å². The van der Waals surface area contributed by atoms with Crippen LogP contribution in [0.25, 0.3) is 0 Å². The van der Waals surface area contributed by atoms with E-state index in [1.165, 1.54) is 14.0 Å². The van der Waals surface area contributed by atoms with Gasteiger partial charge in [-0.2, -0.15) is 0 Å². The minimum absolute atomic E-state index is 0.327. The smallest absolute Gasteiger partial charge is 0.331 e. The van der Waals surface area contributed by atoms with Gasteiger partial charge in [0.25, 0.3) is 5.91 Å². The number of esters is 1. The molecule has 0 aliphatic heterocycles. The number of ether oxygens (including phenoxy) is 1. The highest BCUT2D eigenvalue weighted by molar-refractivity contribution is 5.97. The van der Waals surface area contributed by atoms with Crippen LogP contribution in [-0.4, -0.2) is 36.2 Å². The number of carbonyl (C=O) groups excluding carboxylic acids is 2. The molecule has 0 bridgehead atoms. The molecule has 0 aliphatic rings. The van der Waals surface area contributed by atoms with Crippen molar-refractivity contribution in [1.82, 2.24) is 5.32 Å². The number of rotatable bonds is 4. The van der Waals surface area contributed by atoms with Gasteiger partial charge in [0.05, 0.1) is 13.2 Å². The number of benzene rings is 2. The molecule has 6 heteroatoms. The molecule has 0 fully saturated rings. The Balaban J connectivity index is 2.03. The Labute approximate surface area is 163 Å². The van der Waals surface area contributed by atoms with Crippen LogP contribution in [0.1, 0.15) is 28.4 Å². The van der Waals surface area contributed by atoms with Gasteiger partial charge in [-0.1, -0.05) is 11.8 Å². The molecule has 0 spiro atoms. The lowest BCUT2D eigenvalue weighted by molar-refractivity contribution is -0.145. The molecule has 0 saturated heterocycles. The van der Waals surface area contributed by atoms with Crippen LogP contribution < -0.4 is 11.1 Å². The average molecular weight is 376 g/mol. The van der Waals surface area contributed by atoms with Gasteiger partial charge in [-0.3, -0.25) is 4.79 Å². The van der Waals surface area contributed by atoms with E-state index in [1.807, 2.05) is 12.1 Å². The summed E-state index contributed by atoms with van der Waals surface area (Å²) in [4.78, 5) is 23.8. The van der Waals surface area contributed by atoms with E-state index in [9.17, 15) is 14.7 Å². The molecule has 2 atom stereocenters. The standard InChI is InChI=1S/C22H20N2O4/c1-15(25)20(22(27)28-2)24-21(26)18-11-7-16(8-12-18)5-3-4-6-17-9-13-19(23)14-10-17/h7-15,20,25H,23H2,1-2H3,(H,24,26)/t15-,20-/m0/s1. The van der Waals surface area contributed by atoms with Crippen molar-refractivity contribution in [1.29, 1.82) is 0 Å². The lowest BCUT2D eigenvalue weighted by atomic mass is 10.1. The van der Waals surface area contributed by atoms with Crippen molar-refractivity contribution in [2.45, 2.75) is 19.1 Å². The molecular formula is C22H20N2O4. The van der Waals surface area contributed by atoms with Crippen molar-refractivity contribution in [2.75, 3.05) is 12.8 Å². The van der Waals surface area contributed by atoms with Crippen LogP contribution in [0.2, 0.25) is 0 Å². The zero-order valence-electron chi connectivity index (χ0n) is 15.5. The second-order valence-electron chi connectivity index (χ2n) is 5.91. The molecule has 2 aromatic rings. The highest BCUT2D eigenvalue weighted by Crippen LogP contribution is 2.06. The van der Waals surface area contributed by atoms with Crippen molar-refractivity contribution >= 4 is 17.6 Å². The molecule has 0 aromatic heterocycles. The summed E-state index contributed by atoms with van der Waals surface area (Å²) in [6, 6.07) is 12.5. The van der Waals surface area contributed by atoms with Gasteiger partial charge in [-0.15, -0.1) is 0 Å². The molecule has 0 heterocycles. The van der Waals surface area contributed by atoms with E-state index in [0.717, 1.165) is 5.56 Å². The normalized spacial score (nSPS) is 11.7. The zero-order chi connectivity index (χ0) is 20.5. The Morgan fingerprint density at radius 3 is 1.96 bits per heavy atom. The summed E-state index contributed by atoms with van der Waals surface area (Å²) < 4.78 is 4.57. The van der Waals surface area contributed by atoms with Crippen LogP contribution in [0, 0.1) is 23.7 Å². The quantitative estimate of drug-likeness (QED) is 0.424. The first-order valence-electron chi connectivity index (χ1n) is 8.45. The molecule has 0 saturated carbocycles. The maximum absolute atomic E-state index is 12.2. The second-order valence-corrected chi connectivity index (χ2v) is 5.91. The maximum atomic E-state index is 12.2. The molecule has 0 aliphatic carbocycles. The number of hydrogen-bond acceptors (Lipinski definition) is 5. The molecule has 6 nitrogen and oxygen atoms in total. The number of nitrogen functional groups attached to an aromatic ring is 1. The van der Waals surface area contributed by atoms with Gasteiger partial charge in [-0.25, -0.2) is 4.79 Å². The molecule has 0 unspecified atom stereocenters. The van der Waals surface area contributed by atoms with Crippen LogP contribution in [-0.2, 0) is 9.53 Å². The molecule has 2 aromatic carbocycles. The van der Waals surface area contributed by atoms with Crippen molar-refractivity contribution < 1.29 is 19.4 Å². The summed E-state index contributed by atoms with van der Waals surface area (Å²) in [6.07, 6.45) is -1.08. The Kier molecular flexibility index (Phi) is 7.21. The minimum Gasteiger partial charge on any atom is -0.467 e. The number of amides is 1. The van der Waals surface area contributed by atoms with Gasteiger partial charge in [0.15, 0.2) is 6.04 Å². The number of carbonyl (C=O) groups is 2. The minimum atomic E-state index is -1.14. The topological polar surface area (TPSA) is 102 Å². The average Bonchev–Trinajstić information content (AvgIpc) is 2.70. The lowest BCUT2D eigenvalue weighted by Crippen LogP contribution is -2.48. The van der Waals surface area contributed by atoms with E-state index in [0.29, 0.717) is 16.8 Å². The molecule has 1 amide bonds. The van der Waals surface area contributed by atoms with Gasteiger partial charge in [0, 0.05) is 22.4 Å². The number of hydrogen-bond donors (Lipinski definition) is 3. The van der Waals surface area contributed by atoms with Crippen molar-refractivity contribution in [3.05, 3.63) is 65.2 Å². The van der Waals surface area contributed by atoms with E-state index in [-0.39, 0.29) is 0 Å². The SMILES string of the molecule is COC(=O)[C@@H](NC(=O)c1ccc(C#CC#Cc2ccc(N)cc2)cc1)[C@H](C)O. The van der Waals surface area contributed by atoms with E-state index in [1.54, 1.807) is 36.4 Å². The Hall–Kier alpha value is -3.74. The molecule has 4 N–H and O–H groups in total. The third kappa shape index (κ3) is 5.91. The second kappa shape index (κ2) is 9.82. The predicted octanol–water partition coefficient (Wildman–Crippen LogP) is 1.32. The number of nitrogens with two attached hydrogens (primary N) is 1. The summed E-state index contributed by atoms with van der Waals surface area (Å²) in [7, 11) is 1.19. The summed E-state index contributed by atoms with van der Waals surface area (Å²) in [5, 5.41) is 12.1. The fraction of sp³-hybridized carbons (Fsp3) is 0.182. The van der Waals surface area contributed by atoms with Crippen molar-refractivity contribution in [2.24, 2.45) is 0 Å². The highest BCUT2D eigenvalue weighted by Gasteiger charge is 2.26. The van der Waals surface area contributed by atoms with Gasteiger partial charge in [-0.05, 0) is 67.3 Å². The van der Waals surface area contributed by atoms with Gasteiger partial charge in [0.1, 0.15) is 0 Å². The molecule has 142 valence electrons. The van der Waals surface area contributed by atoms with Gasteiger partial charge in [0.2, 0.25) is 0 Å². The Morgan fingerprint density at radius 1 is 1.00 bits per heavy atom. The van der Waals surface area contributed by atoms with Gasteiger partial charge >= 0.3 is 5.97 Å². The lowest BCUT2D eigenvalue weighted by Gasteiger charge is -2.18. The number of anilines is 1. The third-order valence-corrected chi connectivity index (χ3v) is 3.76. The zero-order valence-corrected chi connectivity index (χ0v) is 15.5. The summed E-state index contributed by atoms with van der Waals surface area (Å²) >= 11 is 0. The van der Waals surface area contributed by atoms with Crippen LogP contribution in [0.15, 0.2) is 48.5 Å². The molecule has 2 rings (SSSR count). The largest absolute Gasteiger partial charge is 0.467 e. The van der Waals surface area contributed by atoms with E-state index >= 15 is 0 Å². The summed E-state index contributed by atoms with van der Waals surface area (Å²) in [5.41, 5.74) is 8.11. The van der Waals surface area contributed by atoms with Crippen LogP contribution >= 0.6 is 0 Å². The fourth-order valence-corrected chi connectivity index (χ4v) is 2.21.